The van der Waals surface area contributed by atoms with Gasteiger partial charge < -0.3 is 14.8 Å². The fraction of sp³-hybridized carbons (Fsp3) is 0.588. The average Bonchev–Trinajstić information content (AvgIpc) is 3.43. The van der Waals surface area contributed by atoms with Gasteiger partial charge in [-0.25, -0.2) is 0 Å². The number of hydrogen-bond donors (Lipinski definition) is 1. The summed E-state index contributed by atoms with van der Waals surface area (Å²) in [4.78, 5) is 11.8. The summed E-state index contributed by atoms with van der Waals surface area (Å²) >= 11 is 0. The van der Waals surface area contributed by atoms with Crippen LogP contribution in [0.4, 0.5) is 13.2 Å². The third kappa shape index (κ3) is 4.39. The highest BCUT2D eigenvalue weighted by Gasteiger charge is 2.65. The molecule has 2 aliphatic rings. The van der Waals surface area contributed by atoms with Crippen LogP contribution in [0.25, 0.3) is 0 Å². The van der Waals surface area contributed by atoms with Crippen molar-refractivity contribution < 1.29 is 27.4 Å². The van der Waals surface area contributed by atoms with Gasteiger partial charge in [-0.1, -0.05) is 24.3 Å². The van der Waals surface area contributed by atoms with E-state index in [1.54, 1.807) is 0 Å². The van der Waals surface area contributed by atoms with Gasteiger partial charge in [0.1, 0.15) is 6.61 Å². The zero-order chi connectivity index (χ0) is 18.6. The van der Waals surface area contributed by atoms with Crippen LogP contribution in [0.1, 0.15) is 30.4 Å². The maximum absolute atomic E-state index is 12.9. The Morgan fingerprint density at radius 2 is 2.00 bits per heavy atom. The first-order valence-electron chi connectivity index (χ1n) is 8.47. The van der Waals surface area contributed by atoms with E-state index in [-0.39, 0.29) is 30.7 Å². The smallest absolute Gasteiger partial charge is 0.376 e. The van der Waals surface area contributed by atoms with Crippen LogP contribution in [0.2, 0.25) is 0 Å². The fourth-order valence-electron chi connectivity index (χ4n) is 2.77. The molecule has 3 rings (SSSR count). The number of ether oxygens (including phenoxy) is 2. The van der Waals surface area contributed by atoms with Gasteiger partial charge in [0.05, 0.1) is 12.7 Å². The van der Waals surface area contributed by atoms with E-state index in [1.165, 1.54) is 24.3 Å². The Kier molecular flexibility index (Phi) is 5.57. The predicted molar refractivity (Wildman–Crippen MR) is 85.3 cm³/mol. The van der Waals surface area contributed by atoms with E-state index in [2.05, 4.69) is 15.5 Å². The second-order valence-electron chi connectivity index (χ2n) is 6.35. The fourth-order valence-corrected chi connectivity index (χ4v) is 2.77. The van der Waals surface area contributed by atoms with Crippen LogP contribution in [0.15, 0.2) is 34.5 Å². The van der Waals surface area contributed by atoms with E-state index < -0.39 is 11.8 Å². The number of rotatable bonds is 7. The molecule has 0 saturated carbocycles. The summed E-state index contributed by atoms with van der Waals surface area (Å²) in [5, 5.41) is 8.98. The molecule has 0 radical (unpaired) electrons. The first kappa shape index (κ1) is 18.8. The number of nitrogens with zero attached hydrogens (tertiary/aromatic N) is 2. The van der Waals surface area contributed by atoms with Gasteiger partial charge in [0.25, 0.3) is 0 Å². The maximum Gasteiger partial charge on any atom is 0.442 e. The molecule has 1 aromatic rings. The second-order valence-corrected chi connectivity index (χ2v) is 6.35. The van der Waals surface area contributed by atoms with Crippen LogP contribution in [0.3, 0.4) is 0 Å². The van der Waals surface area contributed by atoms with Gasteiger partial charge >= 0.3 is 11.8 Å². The quantitative estimate of drug-likeness (QED) is 0.801. The molecular formula is C17H20F3N3O3. The monoisotopic (exact) mass is 371 g/mol. The Morgan fingerprint density at radius 1 is 1.27 bits per heavy atom. The Balaban J connectivity index is 1.40. The Bertz CT molecular complexity index is 649. The summed E-state index contributed by atoms with van der Waals surface area (Å²) in [7, 11) is 0. The molecule has 0 bridgehead atoms. The molecule has 2 heterocycles. The molecule has 0 aliphatic carbocycles. The number of carbonyl (C=O) groups excluding carboxylic acids is 1. The molecule has 1 amide bonds. The van der Waals surface area contributed by atoms with Gasteiger partial charge in [-0.3, -0.25) is 4.79 Å². The highest BCUT2D eigenvalue weighted by atomic mass is 19.4. The van der Waals surface area contributed by atoms with Crippen molar-refractivity contribution in [2.75, 3.05) is 19.8 Å². The van der Waals surface area contributed by atoms with Crippen molar-refractivity contribution in [3.63, 3.8) is 0 Å². The van der Waals surface area contributed by atoms with Crippen molar-refractivity contribution in [3.8, 4) is 0 Å². The zero-order valence-corrected chi connectivity index (χ0v) is 14.1. The first-order valence-corrected chi connectivity index (χ1v) is 8.47. The minimum absolute atomic E-state index is 0.0316. The Labute approximate surface area is 148 Å². The van der Waals surface area contributed by atoms with E-state index in [1.807, 2.05) is 0 Å². The maximum atomic E-state index is 12.9. The normalized spacial score (nSPS) is 21.4. The van der Waals surface area contributed by atoms with Gasteiger partial charge in [-0.05, 0) is 24.8 Å². The third-order valence-electron chi connectivity index (χ3n) is 4.35. The summed E-state index contributed by atoms with van der Waals surface area (Å²) in [5.74, 6) is -0.288. The summed E-state index contributed by atoms with van der Waals surface area (Å²) in [6, 6.07) is 5.68. The van der Waals surface area contributed by atoms with E-state index >= 15 is 0 Å². The van der Waals surface area contributed by atoms with Crippen molar-refractivity contribution in [1.82, 2.24) is 5.32 Å². The summed E-state index contributed by atoms with van der Waals surface area (Å²) in [6.45, 7) is 1.24. The summed E-state index contributed by atoms with van der Waals surface area (Å²) in [6.07, 6.45) is -1.40. The molecule has 0 aromatic heterocycles. The minimum atomic E-state index is -4.54. The van der Waals surface area contributed by atoms with Crippen molar-refractivity contribution in [2.24, 2.45) is 10.2 Å². The van der Waals surface area contributed by atoms with Crippen molar-refractivity contribution in [1.29, 1.82) is 0 Å². The SMILES string of the molecule is O=C(COCC1CCCCO1)NCc1ccc(C2(C(F)(F)F)N=N2)cc1. The molecule has 1 fully saturated rings. The Hall–Kier alpha value is -2.00. The van der Waals surface area contributed by atoms with E-state index in [0.29, 0.717) is 12.2 Å². The minimum Gasteiger partial charge on any atom is -0.376 e. The molecule has 1 N–H and O–H groups in total. The van der Waals surface area contributed by atoms with Crippen LogP contribution < -0.4 is 5.32 Å². The number of amides is 1. The van der Waals surface area contributed by atoms with E-state index in [4.69, 9.17) is 9.47 Å². The van der Waals surface area contributed by atoms with E-state index in [0.717, 1.165) is 25.9 Å². The molecule has 1 atom stereocenters. The van der Waals surface area contributed by atoms with Gasteiger partial charge in [0.15, 0.2) is 0 Å². The topological polar surface area (TPSA) is 72.3 Å². The van der Waals surface area contributed by atoms with Crippen LogP contribution >= 0.6 is 0 Å². The predicted octanol–water partition coefficient (Wildman–Crippen LogP) is 3.07. The lowest BCUT2D eigenvalue weighted by molar-refractivity contribution is -0.166. The number of carbonyl (C=O) groups is 1. The first-order chi connectivity index (χ1) is 12.4. The second kappa shape index (κ2) is 7.71. The molecule has 1 aromatic carbocycles. The number of nitrogens with one attached hydrogen (secondary N) is 1. The number of halogens is 3. The van der Waals surface area contributed by atoms with Crippen molar-refractivity contribution >= 4 is 5.91 Å². The van der Waals surface area contributed by atoms with Gasteiger partial charge in [0, 0.05) is 18.7 Å². The van der Waals surface area contributed by atoms with Crippen LogP contribution in [-0.4, -0.2) is 38.0 Å². The third-order valence-corrected chi connectivity index (χ3v) is 4.35. The summed E-state index contributed by atoms with van der Waals surface area (Å²) in [5.41, 5.74) is -1.77. The van der Waals surface area contributed by atoms with Crippen LogP contribution in [0.5, 0.6) is 0 Å². The molecule has 6 nitrogen and oxygen atoms in total. The standard InChI is InChI=1S/C17H20F3N3O3/c18-17(19,20)16(22-23-16)13-6-4-12(5-7-13)9-21-15(24)11-25-10-14-3-1-2-8-26-14/h4-7,14H,1-3,8-11H2,(H,21,24). The van der Waals surface area contributed by atoms with Gasteiger partial charge in [0.2, 0.25) is 5.91 Å². The zero-order valence-electron chi connectivity index (χ0n) is 14.1. The van der Waals surface area contributed by atoms with Crippen molar-refractivity contribution in [2.45, 2.75) is 43.8 Å². The number of alkyl halides is 3. The molecular weight excluding hydrogens is 351 g/mol. The lowest BCUT2D eigenvalue weighted by Crippen LogP contribution is -2.31. The Morgan fingerprint density at radius 3 is 2.58 bits per heavy atom. The lowest BCUT2D eigenvalue weighted by atomic mass is 10.0. The largest absolute Gasteiger partial charge is 0.442 e. The number of hydrogen-bond acceptors (Lipinski definition) is 5. The molecule has 142 valence electrons. The molecule has 0 spiro atoms. The highest BCUT2D eigenvalue weighted by molar-refractivity contribution is 5.77. The van der Waals surface area contributed by atoms with E-state index in [9.17, 15) is 18.0 Å². The number of benzene rings is 1. The average molecular weight is 371 g/mol. The highest BCUT2D eigenvalue weighted by Crippen LogP contribution is 2.52. The van der Waals surface area contributed by atoms with Crippen LogP contribution in [0, 0.1) is 0 Å². The molecule has 2 aliphatic heterocycles. The molecule has 26 heavy (non-hydrogen) atoms. The molecule has 9 heteroatoms. The summed E-state index contributed by atoms with van der Waals surface area (Å²) < 4.78 is 49.6. The van der Waals surface area contributed by atoms with Crippen LogP contribution in [-0.2, 0) is 26.5 Å². The van der Waals surface area contributed by atoms with Crippen molar-refractivity contribution in [3.05, 3.63) is 35.4 Å². The molecule has 1 unspecified atom stereocenters. The lowest BCUT2D eigenvalue weighted by Gasteiger charge is -2.22. The van der Waals surface area contributed by atoms with Gasteiger partial charge in [-0.15, -0.1) is 10.2 Å². The van der Waals surface area contributed by atoms with Gasteiger partial charge in [-0.2, -0.15) is 13.2 Å². The molecule has 1 saturated heterocycles.